The van der Waals surface area contributed by atoms with Crippen LogP contribution in [0, 0.1) is 6.92 Å². The van der Waals surface area contributed by atoms with Gasteiger partial charge in [0.1, 0.15) is 5.01 Å². The first kappa shape index (κ1) is 14.6. The van der Waals surface area contributed by atoms with Gasteiger partial charge in [0.25, 0.3) is 0 Å². The minimum Gasteiger partial charge on any atom is -0.493 e. The summed E-state index contributed by atoms with van der Waals surface area (Å²) in [6.45, 7) is 2.00. The molecule has 5 nitrogen and oxygen atoms in total. The zero-order valence-electron chi connectivity index (χ0n) is 12.0. The maximum Gasteiger partial charge on any atom is 0.203 e. The second-order valence-electron chi connectivity index (χ2n) is 4.21. The third kappa shape index (κ3) is 2.57. The summed E-state index contributed by atoms with van der Waals surface area (Å²) >= 11 is 1.57. The van der Waals surface area contributed by atoms with E-state index in [1.54, 1.807) is 32.7 Å². The van der Waals surface area contributed by atoms with Crippen molar-refractivity contribution in [1.29, 1.82) is 0 Å². The van der Waals surface area contributed by atoms with Gasteiger partial charge in [-0.25, -0.2) is 4.98 Å². The molecule has 0 aliphatic heterocycles. The first-order chi connectivity index (χ1) is 9.62. The van der Waals surface area contributed by atoms with Crippen molar-refractivity contribution in [1.82, 2.24) is 4.98 Å². The lowest BCUT2D eigenvalue weighted by molar-refractivity contribution is 0.321. The topological polar surface area (TPSA) is 66.6 Å². The van der Waals surface area contributed by atoms with Gasteiger partial charge >= 0.3 is 0 Å². The highest BCUT2D eigenvalue weighted by Crippen LogP contribution is 2.43. The standard InChI is InChI=1S/C14H18N2O3S/c1-8-7-16-14(20-8)11(15)9-5-6-10(17-2)13(19-4)12(9)18-3/h5-7,11H,15H2,1-4H3. The lowest BCUT2D eigenvalue weighted by Crippen LogP contribution is -2.13. The molecule has 108 valence electrons. The van der Waals surface area contributed by atoms with Crippen molar-refractivity contribution in [3.8, 4) is 17.2 Å². The predicted octanol–water partition coefficient (Wildman–Crippen LogP) is 2.53. The zero-order chi connectivity index (χ0) is 14.7. The summed E-state index contributed by atoms with van der Waals surface area (Å²) in [5.41, 5.74) is 7.11. The van der Waals surface area contributed by atoms with Crippen LogP contribution in [-0.2, 0) is 0 Å². The summed E-state index contributed by atoms with van der Waals surface area (Å²) in [5.74, 6) is 1.72. The Hall–Kier alpha value is -1.79. The molecule has 1 aromatic carbocycles. The molecule has 1 atom stereocenters. The van der Waals surface area contributed by atoms with E-state index in [2.05, 4.69) is 4.98 Å². The number of ether oxygens (including phenoxy) is 3. The monoisotopic (exact) mass is 294 g/mol. The quantitative estimate of drug-likeness (QED) is 0.918. The molecule has 0 fully saturated rings. The van der Waals surface area contributed by atoms with E-state index in [4.69, 9.17) is 19.9 Å². The molecule has 0 radical (unpaired) electrons. The molecule has 2 N–H and O–H groups in total. The Balaban J connectivity index is 2.51. The fourth-order valence-corrected chi connectivity index (χ4v) is 2.81. The third-order valence-corrected chi connectivity index (χ3v) is 3.97. The van der Waals surface area contributed by atoms with Crippen LogP contribution < -0.4 is 19.9 Å². The summed E-state index contributed by atoms with van der Waals surface area (Å²) in [5, 5.41) is 0.841. The Bertz CT molecular complexity index is 598. The molecule has 0 amide bonds. The number of nitrogens with two attached hydrogens (primary N) is 1. The van der Waals surface area contributed by atoms with E-state index >= 15 is 0 Å². The number of nitrogens with zero attached hydrogens (tertiary/aromatic N) is 1. The van der Waals surface area contributed by atoms with E-state index in [-0.39, 0.29) is 6.04 Å². The van der Waals surface area contributed by atoms with Gasteiger partial charge in [-0.15, -0.1) is 11.3 Å². The summed E-state index contributed by atoms with van der Waals surface area (Å²) in [6.07, 6.45) is 1.81. The molecule has 1 aromatic heterocycles. The Labute approximate surface area is 122 Å². The van der Waals surface area contributed by atoms with Crippen LogP contribution in [0.3, 0.4) is 0 Å². The molecule has 2 aromatic rings. The van der Waals surface area contributed by atoms with Gasteiger partial charge in [-0.3, -0.25) is 0 Å². The molecule has 20 heavy (non-hydrogen) atoms. The van der Waals surface area contributed by atoms with Crippen LogP contribution >= 0.6 is 11.3 Å². The fraction of sp³-hybridized carbons (Fsp3) is 0.357. The van der Waals surface area contributed by atoms with Gasteiger partial charge in [0.2, 0.25) is 5.75 Å². The molecule has 6 heteroatoms. The number of hydrogen-bond acceptors (Lipinski definition) is 6. The van der Waals surface area contributed by atoms with Crippen molar-refractivity contribution in [2.75, 3.05) is 21.3 Å². The van der Waals surface area contributed by atoms with Crippen LogP contribution in [0.5, 0.6) is 17.2 Å². The summed E-state index contributed by atoms with van der Waals surface area (Å²) < 4.78 is 16.1. The minimum atomic E-state index is -0.358. The molecular weight excluding hydrogens is 276 g/mol. The number of hydrogen-bond donors (Lipinski definition) is 1. The highest BCUT2D eigenvalue weighted by molar-refractivity contribution is 7.11. The maximum absolute atomic E-state index is 6.29. The Kier molecular flexibility index (Phi) is 4.46. The molecule has 0 saturated heterocycles. The number of methoxy groups -OCH3 is 3. The van der Waals surface area contributed by atoms with E-state index < -0.39 is 0 Å². The van der Waals surface area contributed by atoms with Gasteiger partial charge in [0, 0.05) is 16.6 Å². The number of thiazole rings is 1. The molecule has 0 aliphatic rings. The molecule has 0 spiro atoms. The lowest BCUT2D eigenvalue weighted by atomic mass is 10.1. The Morgan fingerprint density at radius 2 is 1.80 bits per heavy atom. The van der Waals surface area contributed by atoms with Gasteiger partial charge in [-0.05, 0) is 19.1 Å². The van der Waals surface area contributed by atoms with E-state index in [9.17, 15) is 0 Å². The van der Waals surface area contributed by atoms with Crippen LogP contribution in [0.4, 0.5) is 0 Å². The Morgan fingerprint density at radius 3 is 2.30 bits per heavy atom. The number of rotatable bonds is 5. The van der Waals surface area contributed by atoms with Crippen molar-refractivity contribution in [2.24, 2.45) is 5.73 Å². The van der Waals surface area contributed by atoms with E-state index in [1.807, 2.05) is 25.3 Å². The zero-order valence-corrected chi connectivity index (χ0v) is 12.8. The molecule has 0 bridgehead atoms. The molecule has 1 heterocycles. The minimum absolute atomic E-state index is 0.358. The lowest BCUT2D eigenvalue weighted by Gasteiger charge is -2.18. The van der Waals surface area contributed by atoms with Crippen LogP contribution in [-0.4, -0.2) is 26.3 Å². The van der Waals surface area contributed by atoms with Crippen molar-refractivity contribution < 1.29 is 14.2 Å². The summed E-state index contributed by atoms with van der Waals surface area (Å²) in [7, 11) is 4.74. The van der Waals surface area contributed by atoms with Gasteiger partial charge in [-0.1, -0.05) is 0 Å². The summed E-state index contributed by atoms with van der Waals surface area (Å²) in [6, 6.07) is 3.34. The average molecular weight is 294 g/mol. The average Bonchev–Trinajstić information content (AvgIpc) is 2.91. The van der Waals surface area contributed by atoms with Gasteiger partial charge in [0.05, 0.1) is 27.4 Å². The second-order valence-corrected chi connectivity index (χ2v) is 5.48. The van der Waals surface area contributed by atoms with Gasteiger partial charge in [-0.2, -0.15) is 0 Å². The van der Waals surface area contributed by atoms with Crippen LogP contribution in [0.1, 0.15) is 21.5 Å². The molecule has 2 rings (SSSR count). The van der Waals surface area contributed by atoms with Crippen LogP contribution in [0.25, 0.3) is 0 Å². The van der Waals surface area contributed by atoms with Crippen molar-refractivity contribution in [2.45, 2.75) is 13.0 Å². The molecular formula is C14H18N2O3S. The highest BCUT2D eigenvalue weighted by Gasteiger charge is 2.22. The fourth-order valence-electron chi connectivity index (χ4n) is 2.02. The summed E-state index contributed by atoms with van der Waals surface area (Å²) in [4.78, 5) is 5.45. The Morgan fingerprint density at radius 1 is 1.10 bits per heavy atom. The smallest absolute Gasteiger partial charge is 0.203 e. The normalized spacial score (nSPS) is 12.1. The molecule has 1 unspecified atom stereocenters. The van der Waals surface area contributed by atoms with Gasteiger partial charge < -0.3 is 19.9 Å². The second kappa shape index (κ2) is 6.11. The number of benzene rings is 1. The van der Waals surface area contributed by atoms with Crippen molar-refractivity contribution in [3.05, 3.63) is 33.8 Å². The van der Waals surface area contributed by atoms with E-state index in [1.165, 1.54) is 0 Å². The highest BCUT2D eigenvalue weighted by atomic mass is 32.1. The van der Waals surface area contributed by atoms with E-state index in [0.717, 1.165) is 15.4 Å². The largest absolute Gasteiger partial charge is 0.493 e. The third-order valence-electron chi connectivity index (χ3n) is 2.97. The first-order valence-electron chi connectivity index (χ1n) is 6.09. The SMILES string of the molecule is COc1ccc(C(N)c2ncc(C)s2)c(OC)c1OC. The van der Waals surface area contributed by atoms with Crippen molar-refractivity contribution in [3.63, 3.8) is 0 Å². The van der Waals surface area contributed by atoms with Gasteiger partial charge in [0.15, 0.2) is 11.5 Å². The van der Waals surface area contributed by atoms with E-state index in [0.29, 0.717) is 17.2 Å². The maximum atomic E-state index is 6.29. The number of aromatic nitrogens is 1. The van der Waals surface area contributed by atoms with Crippen molar-refractivity contribution >= 4 is 11.3 Å². The molecule has 0 saturated carbocycles. The predicted molar refractivity (Wildman–Crippen MR) is 79.0 cm³/mol. The first-order valence-corrected chi connectivity index (χ1v) is 6.90. The molecule has 0 aliphatic carbocycles. The van der Waals surface area contributed by atoms with Crippen LogP contribution in [0.2, 0.25) is 0 Å². The number of aryl methyl sites for hydroxylation is 1. The van der Waals surface area contributed by atoms with Crippen LogP contribution in [0.15, 0.2) is 18.3 Å².